The highest BCUT2D eigenvalue weighted by Gasteiger charge is 2.47. The summed E-state index contributed by atoms with van der Waals surface area (Å²) in [6, 6.07) is 4.98. The number of aliphatic hydroxyl groups is 2. The summed E-state index contributed by atoms with van der Waals surface area (Å²) in [7, 11) is 0. The molecule has 1 aliphatic heterocycles. The number of ether oxygens (including phenoxy) is 2. The minimum absolute atomic E-state index is 0.00549. The van der Waals surface area contributed by atoms with Crippen molar-refractivity contribution in [2.24, 2.45) is 11.8 Å². The fourth-order valence-electron chi connectivity index (χ4n) is 4.80. The van der Waals surface area contributed by atoms with Gasteiger partial charge in [-0.2, -0.15) is 0 Å². The lowest BCUT2D eigenvalue weighted by atomic mass is 9.87. The first-order chi connectivity index (χ1) is 14.1. The Morgan fingerprint density at radius 1 is 1.24 bits per heavy atom. The monoisotopic (exact) mass is 419 g/mol. The summed E-state index contributed by atoms with van der Waals surface area (Å²) in [6.07, 6.45) is 3.96. The molecule has 1 aromatic heterocycles. The second-order valence-corrected chi connectivity index (χ2v) is 9.36. The highest BCUT2D eigenvalue weighted by molar-refractivity contribution is 7.09. The normalized spacial score (nSPS) is 31.6. The smallest absolute Gasteiger partial charge is 0.126 e. The highest BCUT2D eigenvalue weighted by atomic mass is 32.1. The molecule has 5 atom stereocenters. The number of nitrogens with zero attached hydrogens (tertiary/aromatic N) is 1. The second kappa shape index (κ2) is 7.95. The van der Waals surface area contributed by atoms with Crippen LogP contribution in [-0.4, -0.2) is 34.0 Å². The van der Waals surface area contributed by atoms with Gasteiger partial charge in [-0.1, -0.05) is 0 Å². The molecule has 156 valence electrons. The van der Waals surface area contributed by atoms with Crippen LogP contribution in [0, 0.1) is 17.7 Å². The Labute approximate surface area is 173 Å². The zero-order valence-corrected chi connectivity index (χ0v) is 17.0. The maximum Gasteiger partial charge on any atom is 0.126 e. The zero-order chi connectivity index (χ0) is 20.0. The molecule has 0 spiro atoms. The van der Waals surface area contributed by atoms with Gasteiger partial charge in [0.2, 0.25) is 0 Å². The van der Waals surface area contributed by atoms with Crippen LogP contribution in [0.4, 0.5) is 4.39 Å². The Morgan fingerprint density at radius 2 is 2.10 bits per heavy atom. The summed E-state index contributed by atoms with van der Waals surface area (Å²) in [5, 5.41) is 22.6. The fraction of sp³-hybridized carbons (Fsp3) is 0.591. The summed E-state index contributed by atoms with van der Waals surface area (Å²) < 4.78 is 26.2. The Morgan fingerprint density at radius 3 is 2.86 bits per heavy atom. The van der Waals surface area contributed by atoms with Crippen molar-refractivity contribution in [2.45, 2.75) is 62.9 Å². The molecular weight excluding hydrogens is 393 g/mol. The van der Waals surface area contributed by atoms with Crippen molar-refractivity contribution >= 4 is 11.3 Å². The highest BCUT2D eigenvalue weighted by Crippen LogP contribution is 2.46. The average molecular weight is 420 g/mol. The van der Waals surface area contributed by atoms with Crippen LogP contribution in [0.3, 0.4) is 0 Å². The van der Waals surface area contributed by atoms with Crippen LogP contribution in [0.1, 0.15) is 60.4 Å². The molecule has 2 aliphatic carbocycles. The van der Waals surface area contributed by atoms with Gasteiger partial charge in [-0.3, -0.25) is 0 Å². The molecule has 5 rings (SSSR count). The Kier molecular flexibility index (Phi) is 5.32. The van der Waals surface area contributed by atoms with E-state index in [1.54, 1.807) is 6.07 Å². The molecule has 1 aromatic carbocycles. The third-order valence-corrected chi connectivity index (χ3v) is 7.52. The van der Waals surface area contributed by atoms with E-state index in [0.29, 0.717) is 30.4 Å². The van der Waals surface area contributed by atoms with Gasteiger partial charge in [0.1, 0.15) is 22.7 Å². The minimum Gasteiger partial charge on any atom is -0.493 e. The van der Waals surface area contributed by atoms with Crippen molar-refractivity contribution < 1.29 is 24.1 Å². The lowest BCUT2D eigenvalue weighted by Crippen LogP contribution is -2.33. The van der Waals surface area contributed by atoms with Crippen molar-refractivity contribution in [1.82, 2.24) is 4.98 Å². The molecule has 0 bridgehead atoms. The van der Waals surface area contributed by atoms with Crippen molar-refractivity contribution in [3.63, 3.8) is 0 Å². The number of fused-ring (bicyclic) bond motifs is 1. The molecule has 2 saturated carbocycles. The molecule has 2 heterocycles. The van der Waals surface area contributed by atoms with Gasteiger partial charge < -0.3 is 19.7 Å². The predicted octanol–water partition coefficient (Wildman–Crippen LogP) is 3.95. The third kappa shape index (κ3) is 3.93. The molecule has 0 amide bonds. The first kappa shape index (κ1) is 19.4. The van der Waals surface area contributed by atoms with E-state index in [4.69, 9.17) is 9.47 Å². The molecule has 3 aliphatic rings. The van der Waals surface area contributed by atoms with Crippen LogP contribution in [-0.2, 0) is 11.3 Å². The third-order valence-electron chi connectivity index (χ3n) is 6.53. The molecule has 0 radical (unpaired) electrons. The lowest BCUT2D eigenvalue weighted by molar-refractivity contribution is -0.0812. The van der Waals surface area contributed by atoms with Gasteiger partial charge in [0.05, 0.1) is 31.1 Å². The molecule has 3 fully saturated rings. The Bertz CT molecular complexity index is 870. The number of thiazole rings is 1. The van der Waals surface area contributed by atoms with Crippen LogP contribution >= 0.6 is 11.3 Å². The molecule has 0 unspecified atom stereocenters. The predicted molar refractivity (Wildman–Crippen MR) is 106 cm³/mol. The van der Waals surface area contributed by atoms with Crippen LogP contribution in [0.25, 0.3) is 0 Å². The summed E-state index contributed by atoms with van der Waals surface area (Å²) in [5.74, 6) is 1.12. The maximum absolute atomic E-state index is 14.0. The minimum atomic E-state index is -0.462. The van der Waals surface area contributed by atoms with E-state index in [0.717, 1.165) is 36.3 Å². The van der Waals surface area contributed by atoms with E-state index in [1.165, 1.54) is 17.4 Å². The van der Waals surface area contributed by atoms with Crippen molar-refractivity contribution in [3.8, 4) is 5.75 Å². The quantitative estimate of drug-likeness (QED) is 0.742. The van der Waals surface area contributed by atoms with Gasteiger partial charge >= 0.3 is 0 Å². The number of benzene rings is 1. The average Bonchev–Trinajstić information content (AvgIpc) is 3.36. The number of hydrogen-bond acceptors (Lipinski definition) is 6. The van der Waals surface area contributed by atoms with Crippen molar-refractivity contribution in [3.05, 3.63) is 45.7 Å². The zero-order valence-electron chi connectivity index (χ0n) is 16.2. The SMILES string of the molecule is OCc1csc([C@H]2CC[C@@H]3[C@@H](COc4ccc(F)c(C5CC5)c4)[C@@H](O)C[C@@H]3O2)n1. The van der Waals surface area contributed by atoms with Gasteiger partial charge in [-0.05, 0) is 61.3 Å². The summed E-state index contributed by atoms with van der Waals surface area (Å²) in [5.41, 5.74) is 1.43. The molecule has 5 nitrogen and oxygen atoms in total. The summed E-state index contributed by atoms with van der Waals surface area (Å²) in [6.45, 7) is 0.358. The fourth-order valence-corrected chi connectivity index (χ4v) is 5.68. The second-order valence-electron chi connectivity index (χ2n) is 8.48. The molecular formula is C22H26FNO4S. The van der Waals surface area contributed by atoms with Crippen LogP contribution < -0.4 is 4.74 Å². The molecule has 2 N–H and O–H groups in total. The number of aromatic nitrogens is 1. The number of rotatable bonds is 6. The van der Waals surface area contributed by atoms with Gasteiger partial charge in [0.15, 0.2) is 0 Å². The van der Waals surface area contributed by atoms with E-state index >= 15 is 0 Å². The first-order valence-corrected chi connectivity index (χ1v) is 11.3. The number of hydrogen-bond donors (Lipinski definition) is 2. The van der Waals surface area contributed by atoms with Crippen LogP contribution in [0.15, 0.2) is 23.6 Å². The lowest BCUT2D eigenvalue weighted by Gasteiger charge is -2.33. The van der Waals surface area contributed by atoms with Crippen molar-refractivity contribution in [2.75, 3.05) is 6.61 Å². The van der Waals surface area contributed by atoms with E-state index in [9.17, 15) is 14.6 Å². The Balaban J connectivity index is 1.22. The standard InChI is InChI=1S/C22H26FNO4S/c23-18-5-3-14(7-16(18)12-1-2-12)27-10-17-15-4-6-20(28-21(15)8-19(17)26)22-24-13(9-25)11-29-22/h3,5,7,11-12,15,17,19-21,25-26H,1-2,4,6,8-10H2/t15-,17-,19+,20-,21+/m1/s1. The molecule has 29 heavy (non-hydrogen) atoms. The summed E-state index contributed by atoms with van der Waals surface area (Å²) >= 11 is 1.52. The number of aliphatic hydroxyl groups excluding tert-OH is 2. The van der Waals surface area contributed by atoms with Gasteiger partial charge in [-0.25, -0.2) is 9.37 Å². The van der Waals surface area contributed by atoms with Gasteiger partial charge in [-0.15, -0.1) is 11.3 Å². The van der Waals surface area contributed by atoms with Crippen LogP contribution in [0.5, 0.6) is 5.75 Å². The van der Waals surface area contributed by atoms with Crippen molar-refractivity contribution in [1.29, 1.82) is 0 Å². The van der Waals surface area contributed by atoms with E-state index in [-0.39, 0.29) is 36.5 Å². The maximum atomic E-state index is 14.0. The molecule has 7 heteroatoms. The van der Waals surface area contributed by atoms with E-state index in [1.807, 2.05) is 11.4 Å². The molecule has 2 aromatic rings. The summed E-state index contributed by atoms with van der Waals surface area (Å²) in [4.78, 5) is 4.44. The molecule has 1 saturated heterocycles. The van der Waals surface area contributed by atoms with Gasteiger partial charge in [0, 0.05) is 17.7 Å². The van der Waals surface area contributed by atoms with Gasteiger partial charge in [0.25, 0.3) is 0 Å². The largest absolute Gasteiger partial charge is 0.493 e. The number of halogens is 1. The topological polar surface area (TPSA) is 71.8 Å². The van der Waals surface area contributed by atoms with Crippen LogP contribution in [0.2, 0.25) is 0 Å². The van der Waals surface area contributed by atoms with E-state index < -0.39 is 6.10 Å². The van der Waals surface area contributed by atoms with E-state index in [2.05, 4.69) is 4.98 Å². The first-order valence-electron chi connectivity index (χ1n) is 10.4. The Hall–Kier alpha value is -1.54.